The van der Waals surface area contributed by atoms with Gasteiger partial charge in [-0.05, 0) is 31.2 Å². The van der Waals surface area contributed by atoms with Crippen LogP contribution in [0.3, 0.4) is 0 Å². The van der Waals surface area contributed by atoms with Crippen molar-refractivity contribution in [3.63, 3.8) is 0 Å². The second-order valence-electron chi connectivity index (χ2n) is 2.09. The fourth-order valence-electron chi connectivity index (χ4n) is 0.825. The molecule has 0 unspecified atom stereocenters. The minimum absolute atomic E-state index is 0.766. The van der Waals surface area contributed by atoms with Crippen LogP contribution in [0, 0.1) is 0 Å². The fraction of sp³-hybridized carbons (Fsp3) is 0.125. The summed E-state index contributed by atoms with van der Waals surface area (Å²) in [7, 11) is 0. The molecule has 1 aromatic rings. The van der Waals surface area contributed by atoms with Crippen LogP contribution in [0.1, 0.15) is 0 Å². The minimum Gasteiger partial charge on any atom is -0.399 e. The van der Waals surface area contributed by atoms with Crippen molar-refractivity contribution in [2.24, 2.45) is 4.99 Å². The summed E-state index contributed by atoms with van der Waals surface area (Å²) in [6.07, 6.45) is 1.99. The maximum absolute atomic E-state index is 5.58. The number of thioether (sulfide) groups is 1. The summed E-state index contributed by atoms with van der Waals surface area (Å²) in [6.45, 7) is 3.47. The van der Waals surface area contributed by atoms with Crippen molar-refractivity contribution >= 4 is 29.9 Å². The van der Waals surface area contributed by atoms with E-state index in [0.29, 0.717) is 0 Å². The van der Waals surface area contributed by atoms with Gasteiger partial charge in [-0.3, -0.25) is 4.99 Å². The molecule has 0 aromatic heterocycles. The molecule has 11 heavy (non-hydrogen) atoms. The Kier molecular flexibility index (Phi) is 2.54. The second-order valence-corrected chi connectivity index (χ2v) is 2.94. The van der Waals surface area contributed by atoms with Crippen LogP contribution in [0.25, 0.3) is 0 Å². The van der Waals surface area contributed by atoms with E-state index in [1.165, 1.54) is 0 Å². The van der Waals surface area contributed by atoms with Gasteiger partial charge in [0.1, 0.15) is 0 Å². The monoisotopic (exact) mass is 166 g/mol. The van der Waals surface area contributed by atoms with Crippen molar-refractivity contribution in [3.05, 3.63) is 18.2 Å². The Balaban J connectivity index is 3.16. The van der Waals surface area contributed by atoms with Crippen LogP contribution < -0.4 is 5.73 Å². The number of nitrogens with two attached hydrogens (primary N) is 1. The molecule has 0 aliphatic heterocycles. The van der Waals surface area contributed by atoms with Crippen molar-refractivity contribution in [3.8, 4) is 0 Å². The molecule has 0 saturated carbocycles. The molecule has 2 nitrogen and oxygen atoms in total. The topological polar surface area (TPSA) is 38.4 Å². The zero-order valence-electron chi connectivity index (χ0n) is 6.37. The van der Waals surface area contributed by atoms with E-state index in [0.717, 1.165) is 16.3 Å². The molecule has 2 N–H and O–H groups in total. The summed E-state index contributed by atoms with van der Waals surface area (Å²) in [6, 6.07) is 5.59. The summed E-state index contributed by atoms with van der Waals surface area (Å²) < 4.78 is 0. The molecule has 0 heterocycles. The van der Waals surface area contributed by atoms with Gasteiger partial charge in [-0.15, -0.1) is 11.8 Å². The highest BCUT2D eigenvalue weighted by atomic mass is 32.2. The summed E-state index contributed by atoms with van der Waals surface area (Å²) in [5.74, 6) is 0. The minimum atomic E-state index is 0.766. The first-order valence-corrected chi connectivity index (χ1v) is 4.40. The van der Waals surface area contributed by atoms with Gasteiger partial charge in [0.2, 0.25) is 0 Å². The van der Waals surface area contributed by atoms with E-state index in [-0.39, 0.29) is 0 Å². The zero-order chi connectivity index (χ0) is 8.27. The van der Waals surface area contributed by atoms with Gasteiger partial charge in [-0.25, -0.2) is 0 Å². The van der Waals surface area contributed by atoms with E-state index in [1.807, 2.05) is 24.5 Å². The molecular formula is C8H10N2S. The molecule has 1 rings (SSSR count). The van der Waals surface area contributed by atoms with E-state index >= 15 is 0 Å². The lowest BCUT2D eigenvalue weighted by atomic mass is 10.3. The summed E-state index contributed by atoms with van der Waals surface area (Å²) in [5, 5.41) is 0. The van der Waals surface area contributed by atoms with E-state index in [9.17, 15) is 0 Å². The molecule has 0 bridgehead atoms. The molecule has 0 amide bonds. The van der Waals surface area contributed by atoms with Crippen molar-refractivity contribution in [2.45, 2.75) is 4.90 Å². The third kappa shape index (κ3) is 1.74. The van der Waals surface area contributed by atoms with Gasteiger partial charge in [-0.1, -0.05) is 0 Å². The Hall–Kier alpha value is -0.960. The number of nitrogen functional groups attached to an aromatic ring is 1. The van der Waals surface area contributed by atoms with Gasteiger partial charge >= 0.3 is 0 Å². The van der Waals surface area contributed by atoms with Crippen LogP contribution in [-0.4, -0.2) is 13.0 Å². The van der Waals surface area contributed by atoms with Crippen molar-refractivity contribution in [1.29, 1.82) is 0 Å². The van der Waals surface area contributed by atoms with Crippen molar-refractivity contribution in [1.82, 2.24) is 0 Å². The van der Waals surface area contributed by atoms with Gasteiger partial charge in [-0.2, -0.15) is 0 Å². The molecule has 3 heteroatoms. The highest BCUT2D eigenvalue weighted by Gasteiger charge is 1.97. The predicted molar refractivity (Wildman–Crippen MR) is 51.8 cm³/mol. The fourth-order valence-corrected chi connectivity index (χ4v) is 1.42. The number of hydrogen-bond donors (Lipinski definition) is 1. The highest BCUT2D eigenvalue weighted by molar-refractivity contribution is 7.98. The Bertz CT molecular complexity index is 271. The lowest BCUT2D eigenvalue weighted by Gasteiger charge is -2.01. The maximum Gasteiger partial charge on any atom is 0.0759 e. The third-order valence-electron chi connectivity index (χ3n) is 1.37. The first-order valence-electron chi connectivity index (χ1n) is 3.18. The van der Waals surface area contributed by atoms with Crippen molar-refractivity contribution < 1.29 is 0 Å². The SMILES string of the molecule is C=Nc1ccc(N)cc1SC. The normalized spacial score (nSPS) is 9.55. The predicted octanol–water partition coefficient (Wildman–Crippen LogP) is 2.32. The van der Waals surface area contributed by atoms with Gasteiger partial charge in [0, 0.05) is 10.6 Å². The lowest BCUT2D eigenvalue weighted by Crippen LogP contribution is -1.83. The molecule has 0 saturated heterocycles. The third-order valence-corrected chi connectivity index (χ3v) is 2.14. The molecule has 0 radical (unpaired) electrons. The van der Waals surface area contributed by atoms with Crippen LogP contribution >= 0.6 is 11.8 Å². The van der Waals surface area contributed by atoms with Crippen molar-refractivity contribution in [2.75, 3.05) is 12.0 Å². The standard InChI is InChI=1S/C8H10N2S/c1-10-7-4-3-6(9)5-8(7)11-2/h3-5H,1,9H2,2H3. The molecular weight excluding hydrogens is 156 g/mol. The number of nitrogens with zero attached hydrogens (tertiary/aromatic N) is 1. The van der Waals surface area contributed by atoms with E-state index in [2.05, 4.69) is 11.7 Å². The first kappa shape index (κ1) is 8.14. The summed E-state index contributed by atoms with van der Waals surface area (Å²) >= 11 is 1.62. The Morgan fingerprint density at radius 3 is 2.82 bits per heavy atom. The summed E-state index contributed by atoms with van der Waals surface area (Å²) in [4.78, 5) is 4.93. The van der Waals surface area contributed by atoms with Gasteiger partial charge in [0.05, 0.1) is 5.69 Å². The maximum atomic E-state index is 5.58. The molecule has 0 aliphatic carbocycles. The molecule has 0 aliphatic rings. The number of aliphatic imine (C=N–C) groups is 1. The average molecular weight is 166 g/mol. The first-order chi connectivity index (χ1) is 5.27. The van der Waals surface area contributed by atoms with Gasteiger partial charge in [0.15, 0.2) is 0 Å². The van der Waals surface area contributed by atoms with Crippen LogP contribution in [-0.2, 0) is 0 Å². The number of rotatable bonds is 2. The molecule has 0 atom stereocenters. The summed E-state index contributed by atoms with van der Waals surface area (Å²) in [5.41, 5.74) is 7.24. The lowest BCUT2D eigenvalue weighted by molar-refractivity contribution is 1.39. The van der Waals surface area contributed by atoms with E-state index < -0.39 is 0 Å². The molecule has 58 valence electrons. The number of anilines is 1. The van der Waals surface area contributed by atoms with Crippen LogP contribution in [0.5, 0.6) is 0 Å². The largest absolute Gasteiger partial charge is 0.399 e. The molecule has 1 aromatic carbocycles. The Morgan fingerprint density at radius 1 is 1.55 bits per heavy atom. The quantitative estimate of drug-likeness (QED) is 0.416. The smallest absolute Gasteiger partial charge is 0.0759 e. The Morgan fingerprint density at radius 2 is 2.27 bits per heavy atom. The number of hydrogen-bond acceptors (Lipinski definition) is 3. The Labute approximate surface area is 70.5 Å². The molecule has 0 spiro atoms. The average Bonchev–Trinajstić information content (AvgIpc) is 2.04. The second kappa shape index (κ2) is 3.44. The zero-order valence-corrected chi connectivity index (χ0v) is 7.19. The van der Waals surface area contributed by atoms with Crippen LogP contribution in [0.4, 0.5) is 11.4 Å². The number of benzene rings is 1. The molecule has 0 fully saturated rings. The van der Waals surface area contributed by atoms with Gasteiger partial charge < -0.3 is 5.73 Å². The van der Waals surface area contributed by atoms with Crippen LogP contribution in [0.2, 0.25) is 0 Å². The van der Waals surface area contributed by atoms with Gasteiger partial charge in [0.25, 0.3) is 0 Å². The van der Waals surface area contributed by atoms with Crippen LogP contribution in [0.15, 0.2) is 28.1 Å². The van der Waals surface area contributed by atoms with E-state index in [4.69, 9.17) is 5.73 Å². The van der Waals surface area contributed by atoms with E-state index in [1.54, 1.807) is 11.8 Å². The highest BCUT2D eigenvalue weighted by Crippen LogP contribution is 2.28.